The average molecular weight is 377 g/mol. The van der Waals surface area contributed by atoms with E-state index in [0.717, 1.165) is 21.5 Å². The van der Waals surface area contributed by atoms with E-state index in [2.05, 4.69) is 27.3 Å². The van der Waals surface area contributed by atoms with Gasteiger partial charge < -0.3 is 10.1 Å². The summed E-state index contributed by atoms with van der Waals surface area (Å²) >= 11 is 3.39. The predicted octanol–water partition coefficient (Wildman–Crippen LogP) is 3.84. The molecule has 0 fully saturated rings. The lowest BCUT2D eigenvalue weighted by Gasteiger charge is -2.18. The highest BCUT2D eigenvalue weighted by atomic mass is 79.9. The first kappa shape index (κ1) is 17.5. The molecule has 0 aromatic heterocycles. The quantitative estimate of drug-likeness (QED) is 0.832. The van der Waals surface area contributed by atoms with Gasteiger partial charge in [0.15, 0.2) is 0 Å². The molecule has 0 radical (unpaired) electrons. The molecular formula is C18H21BrN2O2. The van der Waals surface area contributed by atoms with E-state index in [1.54, 1.807) is 7.11 Å². The van der Waals surface area contributed by atoms with E-state index < -0.39 is 0 Å². The molecule has 1 N–H and O–H groups in total. The van der Waals surface area contributed by atoms with Gasteiger partial charge in [0.05, 0.1) is 13.7 Å². The number of rotatable bonds is 6. The maximum absolute atomic E-state index is 12.1. The summed E-state index contributed by atoms with van der Waals surface area (Å²) in [7, 11) is 3.58. The number of hydrogen-bond acceptors (Lipinski definition) is 3. The molecule has 0 spiro atoms. The fourth-order valence-electron chi connectivity index (χ4n) is 2.39. The number of methoxy groups -OCH3 is 1. The topological polar surface area (TPSA) is 41.6 Å². The van der Waals surface area contributed by atoms with Gasteiger partial charge in [0, 0.05) is 22.3 Å². The first-order valence-electron chi connectivity index (χ1n) is 7.35. The van der Waals surface area contributed by atoms with Crippen LogP contribution in [0.25, 0.3) is 0 Å². The molecule has 0 saturated heterocycles. The van der Waals surface area contributed by atoms with Crippen molar-refractivity contribution < 1.29 is 9.53 Å². The molecule has 122 valence electrons. The van der Waals surface area contributed by atoms with Crippen LogP contribution >= 0.6 is 15.9 Å². The van der Waals surface area contributed by atoms with E-state index >= 15 is 0 Å². The second kappa shape index (κ2) is 8.13. The third-order valence-corrected chi connectivity index (χ3v) is 3.89. The molecule has 2 rings (SSSR count). The van der Waals surface area contributed by atoms with E-state index in [1.807, 2.05) is 55.3 Å². The van der Waals surface area contributed by atoms with Gasteiger partial charge in [-0.1, -0.05) is 39.7 Å². The van der Waals surface area contributed by atoms with E-state index in [4.69, 9.17) is 4.74 Å². The number of likely N-dealkylation sites (N-methyl/N-ethyl adjacent to an activating group) is 1. The van der Waals surface area contributed by atoms with Crippen LogP contribution in [0.5, 0.6) is 5.75 Å². The Labute approximate surface area is 145 Å². The Balaban J connectivity index is 1.95. The summed E-state index contributed by atoms with van der Waals surface area (Å²) in [5.74, 6) is 0.798. The molecule has 2 aromatic rings. The second-order valence-corrected chi connectivity index (χ2v) is 6.46. The van der Waals surface area contributed by atoms with Crippen LogP contribution in [0.3, 0.4) is 0 Å². The average Bonchev–Trinajstić information content (AvgIpc) is 2.47. The summed E-state index contributed by atoms with van der Waals surface area (Å²) in [5, 5.41) is 2.90. The zero-order chi connectivity index (χ0) is 16.8. The zero-order valence-electron chi connectivity index (χ0n) is 13.6. The molecule has 1 amide bonds. The number of nitrogens with one attached hydrogen (secondary N) is 1. The van der Waals surface area contributed by atoms with Crippen molar-refractivity contribution in [2.45, 2.75) is 13.5 Å². The highest BCUT2D eigenvalue weighted by molar-refractivity contribution is 9.10. The second-order valence-electron chi connectivity index (χ2n) is 5.55. The van der Waals surface area contributed by atoms with Crippen LogP contribution in [0.4, 0.5) is 5.69 Å². The van der Waals surface area contributed by atoms with Crippen LogP contribution in [0.15, 0.2) is 46.9 Å². The van der Waals surface area contributed by atoms with Crippen LogP contribution in [0.2, 0.25) is 0 Å². The van der Waals surface area contributed by atoms with Crippen molar-refractivity contribution in [3.8, 4) is 5.75 Å². The van der Waals surface area contributed by atoms with E-state index in [-0.39, 0.29) is 5.91 Å². The van der Waals surface area contributed by atoms with Gasteiger partial charge in [0.2, 0.25) is 5.91 Å². The summed E-state index contributed by atoms with van der Waals surface area (Å²) in [4.78, 5) is 14.1. The molecule has 0 aliphatic carbocycles. The van der Waals surface area contributed by atoms with E-state index in [1.165, 1.54) is 5.56 Å². The molecule has 4 nitrogen and oxygen atoms in total. The Morgan fingerprint density at radius 3 is 2.74 bits per heavy atom. The molecule has 2 aromatic carbocycles. The van der Waals surface area contributed by atoms with E-state index in [0.29, 0.717) is 13.1 Å². The molecule has 0 aliphatic heterocycles. The van der Waals surface area contributed by atoms with Crippen molar-refractivity contribution in [1.29, 1.82) is 0 Å². The highest BCUT2D eigenvalue weighted by Crippen LogP contribution is 2.21. The maximum atomic E-state index is 12.1. The summed E-state index contributed by atoms with van der Waals surface area (Å²) in [6.07, 6.45) is 0. The largest absolute Gasteiger partial charge is 0.496 e. The summed E-state index contributed by atoms with van der Waals surface area (Å²) in [6, 6.07) is 13.6. The lowest BCUT2D eigenvalue weighted by Crippen LogP contribution is -2.30. The Morgan fingerprint density at radius 2 is 2.04 bits per heavy atom. The van der Waals surface area contributed by atoms with Crippen molar-refractivity contribution in [2.24, 2.45) is 0 Å². The van der Waals surface area contributed by atoms with Crippen LogP contribution in [-0.2, 0) is 11.3 Å². The summed E-state index contributed by atoms with van der Waals surface area (Å²) in [5.41, 5.74) is 3.03. The van der Waals surface area contributed by atoms with Crippen LogP contribution in [0, 0.1) is 6.92 Å². The monoisotopic (exact) mass is 376 g/mol. The van der Waals surface area contributed by atoms with Gasteiger partial charge in [-0.3, -0.25) is 9.69 Å². The fraction of sp³-hybridized carbons (Fsp3) is 0.278. The predicted molar refractivity (Wildman–Crippen MR) is 96.8 cm³/mol. The molecular weight excluding hydrogens is 356 g/mol. The Bertz CT molecular complexity index is 688. The maximum Gasteiger partial charge on any atom is 0.238 e. The molecule has 0 heterocycles. The van der Waals surface area contributed by atoms with Gasteiger partial charge in [-0.25, -0.2) is 0 Å². The third kappa shape index (κ3) is 5.37. The number of halogens is 1. The number of amides is 1. The molecule has 23 heavy (non-hydrogen) atoms. The number of hydrogen-bond donors (Lipinski definition) is 1. The first-order chi connectivity index (χ1) is 11.0. The van der Waals surface area contributed by atoms with Crippen molar-refractivity contribution in [3.05, 3.63) is 58.1 Å². The van der Waals surface area contributed by atoms with Crippen molar-refractivity contribution in [2.75, 3.05) is 26.0 Å². The molecule has 0 aliphatic rings. The smallest absolute Gasteiger partial charge is 0.238 e. The number of anilines is 1. The Hall–Kier alpha value is -1.85. The lowest BCUT2D eigenvalue weighted by molar-refractivity contribution is -0.117. The number of carbonyl (C=O) groups excluding carboxylic acids is 1. The number of benzene rings is 2. The molecule has 0 unspecified atom stereocenters. The van der Waals surface area contributed by atoms with Crippen LogP contribution in [-0.4, -0.2) is 31.5 Å². The standard InChI is InChI=1S/C18H21BrN2O2/c1-13-7-8-17(23-3)14(9-13)11-21(2)12-18(22)20-16-6-4-5-15(19)10-16/h4-10H,11-12H2,1-3H3,(H,20,22). The highest BCUT2D eigenvalue weighted by Gasteiger charge is 2.11. The minimum Gasteiger partial charge on any atom is -0.496 e. The van der Waals surface area contributed by atoms with E-state index in [9.17, 15) is 4.79 Å². The van der Waals surface area contributed by atoms with Gasteiger partial charge in [0.1, 0.15) is 5.75 Å². The van der Waals surface area contributed by atoms with Gasteiger partial charge >= 0.3 is 0 Å². The molecule has 0 bridgehead atoms. The van der Waals surface area contributed by atoms with Gasteiger partial charge in [-0.2, -0.15) is 0 Å². The number of ether oxygens (including phenoxy) is 1. The third-order valence-electron chi connectivity index (χ3n) is 3.40. The van der Waals surface area contributed by atoms with Crippen molar-refractivity contribution in [3.63, 3.8) is 0 Å². The number of nitrogens with zero attached hydrogens (tertiary/aromatic N) is 1. The lowest BCUT2D eigenvalue weighted by atomic mass is 10.1. The fourth-order valence-corrected chi connectivity index (χ4v) is 2.79. The Morgan fingerprint density at radius 1 is 1.26 bits per heavy atom. The molecule has 5 heteroatoms. The summed E-state index contributed by atoms with van der Waals surface area (Å²) in [6.45, 7) is 3.00. The zero-order valence-corrected chi connectivity index (χ0v) is 15.2. The Kier molecular flexibility index (Phi) is 6.19. The molecule has 0 atom stereocenters. The molecule has 0 saturated carbocycles. The first-order valence-corrected chi connectivity index (χ1v) is 8.14. The van der Waals surface area contributed by atoms with Gasteiger partial charge in [-0.05, 0) is 38.2 Å². The van der Waals surface area contributed by atoms with Gasteiger partial charge in [-0.15, -0.1) is 0 Å². The minimum absolute atomic E-state index is 0.0442. The number of carbonyl (C=O) groups is 1. The van der Waals surface area contributed by atoms with Gasteiger partial charge in [0.25, 0.3) is 0 Å². The number of aryl methyl sites for hydroxylation is 1. The normalized spacial score (nSPS) is 10.7. The van der Waals surface area contributed by atoms with Crippen LogP contribution in [0.1, 0.15) is 11.1 Å². The van der Waals surface area contributed by atoms with Crippen molar-refractivity contribution in [1.82, 2.24) is 4.90 Å². The van der Waals surface area contributed by atoms with Crippen molar-refractivity contribution >= 4 is 27.5 Å². The SMILES string of the molecule is COc1ccc(C)cc1CN(C)CC(=O)Nc1cccc(Br)c1. The van der Waals surface area contributed by atoms with Crippen LogP contribution < -0.4 is 10.1 Å². The summed E-state index contributed by atoms with van der Waals surface area (Å²) < 4.78 is 6.32. The minimum atomic E-state index is -0.0442.